The molecule has 1 aliphatic heterocycles. The van der Waals surface area contributed by atoms with Crippen LogP contribution in [0.1, 0.15) is 19.3 Å². The molecule has 1 saturated heterocycles. The summed E-state index contributed by atoms with van der Waals surface area (Å²) in [6.07, 6.45) is 8.80. The van der Waals surface area contributed by atoms with Crippen molar-refractivity contribution < 1.29 is 9.22 Å². The fraction of sp³-hybridized carbons (Fsp3) is 0.818. The molecule has 0 unspecified atom stereocenters. The van der Waals surface area contributed by atoms with Crippen LogP contribution in [0, 0.1) is 0 Å². The Labute approximate surface area is 80.8 Å². The third-order valence-electron chi connectivity index (χ3n) is 3.52. The highest BCUT2D eigenvalue weighted by molar-refractivity contribution is 4.94. The fourth-order valence-electron chi connectivity index (χ4n) is 2.41. The zero-order valence-electron chi connectivity index (χ0n) is 8.54. The maximum atomic E-state index is 5.42. The molecule has 2 rings (SSSR count). The van der Waals surface area contributed by atoms with E-state index in [0.717, 1.165) is 19.3 Å². The number of hydrogen-bond acceptors (Lipinski definition) is 1. The van der Waals surface area contributed by atoms with Gasteiger partial charge < -0.3 is 9.22 Å². The molecule has 2 aliphatic rings. The largest absolute Gasteiger partial charge is 0.370 e. The van der Waals surface area contributed by atoms with E-state index in [9.17, 15) is 0 Å². The van der Waals surface area contributed by atoms with Gasteiger partial charge >= 0.3 is 0 Å². The lowest BCUT2D eigenvalue weighted by atomic mass is 9.99. The van der Waals surface area contributed by atoms with Crippen LogP contribution in [0.25, 0.3) is 0 Å². The number of ether oxygens (including phenoxy) is 1. The van der Waals surface area contributed by atoms with Crippen molar-refractivity contribution in [3.05, 3.63) is 12.2 Å². The minimum Gasteiger partial charge on any atom is -0.370 e. The topological polar surface area (TPSA) is 9.23 Å². The van der Waals surface area contributed by atoms with E-state index in [-0.39, 0.29) is 0 Å². The smallest absolute Gasteiger partial charge is 0.108 e. The molecule has 0 aromatic carbocycles. The maximum absolute atomic E-state index is 5.42. The molecule has 13 heavy (non-hydrogen) atoms. The monoisotopic (exact) mass is 182 g/mol. The van der Waals surface area contributed by atoms with Gasteiger partial charge in [0.05, 0.1) is 20.3 Å². The highest BCUT2D eigenvalue weighted by Gasteiger charge is 2.33. The third kappa shape index (κ3) is 1.94. The van der Waals surface area contributed by atoms with Gasteiger partial charge in [0.2, 0.25) is 0 Å². The van der Waals surface area contributed by atoms with E-state index >= 15 is 0 Å². The maximum Gasteiger partial charge on any atom is 0.108 e. The van der Waals surface area contributed by atoms with Crippen molar-refractivity contribution in [2.24, 2.45) is 0 Å². The highest BCUT2D eigenvalue weighted by Crippen LogP contribution is 2.23. The number of likely N-dealkylation sites (N-methyl/N-ethyl adjacent to an activating group) is 1. The Hall–Kier alpha value is -0.340. The van der Waals surface area contributed by atoms with Gasteiger partial charge in [-0.3, -0.25) is 0 Å². The molecule has 0 saturated carbocycles. The van der Waals surface area contributed by atoms with Crippen molar-refractivity contribution in [1.82, 2.24) is 0 Å². The first-order valence-corrected chi connectivity index (χ1v) is 5.40. The minimum atomic E-state index is 0.762. The first-order valence-electron chi connectivity index (χ1n) is 5.40. The van der Waals surface area contributed by atoms with Crippen LogP contribution in [-0.2, 0) is 4.74 Å². The highest BCUT2D eigenvalue weighted by atomic mass is 16.5. The molecule has 1 aliphatic carbocycles. The third-order valence-corrected chi connectivity index (χ3v) is 3.52. The first-order chi connectivity index (χ1) is 6.31. The molecule has 74 valence electrons. The summed E-state index contributed by atoms with van der Waals surface area (Å²) in [6.45, 7) is 4.27. The van der Waals surface area contributed by atoms with E-state index in [1.165, 1.54) is 36.8 Å². The Morgan fingerprint density at radius 3 is 2.69 bits per heavy atom. The van der Waals surface area contributed by atoms with Crippen LogP contribution in [0.3, 0.4) is 0 Å². The molecular formula is C11H20NO+. The summed E-state index contributed by atoms with van der Waals surface area (Å²) in [5, 5.41) is 0. The fourth-order valence-corrected chi connectivity index (χ4v) is 2.41. The van der Waals surface area contributed by atoms with Gasteiger partial charge in [-0.05, 0) is 18.9 Å². The molecule has 2 nitrogen and oxygen atoms in total. The Morgan fingerprint density at radius 2 is 2.08 bits per heavy atom. The molecule has 0 spiro atoms. The van der Waals surface area contributed by atoms with E-state index in [2.05, 4.69) is 19.2 Å². The number of nitrogens with zero attached hydrogens (tertiary/aromatic N) is 1. The summed E-state index contributed by atoms with van der Waals surface area (Å²) in [4.78, 5) is 0. The summed E-state index contributed by atoms with van der Waals surface area (Å²) in [5.41, 5.74) is 0. The Bertz CT molecular complexity index is 194. The predicted octanol–water partition coefficient (Wildman–Crippen LogP) is 1.57. The van der Waals surface area contributed by atoms with Gasteiger partial charge in [-0.1, -0.05) is 6.08 Å². The molecule has 0 bridgehead atoms. The zero-order chi connectivity index (χ0) is 9.15. The van der Waals surface area contributed by atoms with Gasteiger partial charge in [-0.25, -0.2) is 0 Å². The van der Waals surface area contributed by atoms with Crippen LogP contribution in [0.4, 0.5) is 0 Å². The van der Waals surface area contributed by atoms with Gasteiger partial charge in [-0.2, -0.15) is 0 Å². The lowest BCUT2D eigenvalue weighted by Crippen LogP contribution is -2.57. The number of morpholine rings is 1. The predicted molar refractivity (Wildman–Crippen MR) is 53.5 cm³/mol. The molecule has 0 aromatic rings. The molecule has 2 heteroatoms. The van der Waals surface area contributed by atoms with Gasteiger partial charge in [0, 0.05) is 6.42 Å². The van der Waals surface area contributed by atoms with Crippen molar-refractivity contribution in [2.45, 2.75) is 25.3 Å². The molecule has 0 radical (unpaired) electrons. The van der Waals surface area contributed by atoms with E-state index < -0.39 is 0 Å². The van der Waals surface area contributed by atoms with E-state index in [1.807, 2.05) is 0 Å². The van der Waals surface area contributed by atoms with Gasteiger partial charge in [0.25, 0.3) is 0 Å². The van der Waals surface area contributed by atoms with Crippen LogP contribution >= 0.6 is 0 Å². The van der Waals surface area contributed by atoms with Crippen molar-refractivity contribution >= 4 is 0 Å². The van der Waals surface area contributed by atoms with Gasteiger partial charge in [0.15, 0.2) is 0 Å². The van der Waals surface area contributed by atoms with Crippen LogP contribution in [0.2, 0.25) is 0 Å². The normalized spacial score (nSPS) is 33.2. The molecule has 1 atom stereocenters. The van der Waals surface area contributed by atoms with E-state index in [0.29, 0.717) is 0 Å². The lowest BCUT2D eigenvalue weighted by Gasteiger charge is -2.43. The number of rotatable bonds is 1. The number of hydrogen-bond donors (Lipinski definition) is 0. The molecule has 0 aromatic heterocycles. The average molecular weight is 182 g/mol. The summed E-state index contributed by atoms with van der Waals surface area (Å²) in [6, 6.07) is 0.762. The van der Waals surface area contributed by atoms with Crippen LogP contribution in [-0.4, -0.2) is 43.9 Å². The summed E-state index contributed by atoms with van der Waals surface area (Å²) >= 11 is 0. The van der Waals surface area contributed by atoms with Crippen molar-refractivity contribution in [3.8, 4) is 0 Å². The van der Waals surface area contributed by atoms with Gasteiger partial charge in [-0.15, -0.1) is 0 Å². The lowest BCUT2D eigenvalue weighted by molar-refractivity contribution is -0.934. The Balaban J connectivity index is 2.03. The van der Waals surface area contributed by atoms with Crippen molar-refractivity contribution in [2.75, 3.05) is 33.4 Å². The Morgan fingerprint density at radius 1 is 1.31 bits per heavy atom. The van der Waals surface area contributed by atoms with Crippen LogP contribution in [0.15, 0.2) is 12.2 Å². The van der Waals surface area contributed by atoms with E-state index in [1.54, 1.807) is 0 Å². The molecule has 1 heterocycles. The number of quaternary nitrogens is 1. The van der Waals surface area contributed by atoms with Crippen molar-refractivity contribution in [1.29, 1.82) is 0 Å². The van der Waals surface area contributed by atoms with Gasteiger partial charge in [0.1, 0.15) is 19.1 Å². The quantitative estimate of drug-likeness (QED) is 0.442. The molecule has 0 amide bonds. The zero-order valence-corrected chi connectivity index (χ0v) is 8.54. The molecular weight excluding hydrogens is 162 g/mol. The summed E-state index contributed by atoms with van der Waals surface area (Å²) in [5.74, 6) is 0. The summed E-state index contributed by atoms with van der Waals surface area (Å²) in [7, 11) is 2.38. The first kappa shape index (κ1) is 9.22. The second-order valence-electron chi connectivity index (χ2n) is 4.47. The SMILES string of the molecule is C[N+]1([C@H]2C=CCCC2)CCOCC1. The van der Waals surface area contributed by atoms with Crippen molar-refractivity contribution in [3.63, 3.8) is 0 Å². The minimum absolute atomic E-state index is 0.762. The van der Waals surface area contributed by atoms with Crippen LogP contribution < -0.4 is 0 Å². The standard InChI is InChI=1S/C11H20NO/c1-12(7-9-13-10-8-12)11-5-3-2-4-6-11/h3,5,11H,2,4,6-10H2,1H3/q+1/t11-/m0/s1. The average Bonchev–Trinajstić information content (AvgIpc) is 2.20. The van der Waals surface area contributed by atoms with E-state index in [4.69, 9.17) is 4.74 Å². The second kappa shape index (κ2) is 3.81. The summed E-state index contributed by atoms with van der Waals surface area (Å²) < 4.78 is 6.62. The molecule has 1 fully saturated rings. The number of allylic oxidation sites excluding steroid dienone is 1. The molecule has 0 N–H and O–H groups in total. The van der Waals surface area contributed by atoms with Crippen LogP contribution in [0.5, 0.6) is 0 Å². The second-order valence-corrected chi connectivity index (χ2v) is 4.47. The Kier molecular flexibility index (Phi) is 2.70.